The third-order valence-corrected chi connectivity index (χ3v) is 2.76. The molecule has 2 aromatic heterocycles. The number of carbonyl (C=O) groups excluding carboxylic acids is 1. The zero-order valence-electron chi connectivity index (χ0n) is 10.3. The number of para-hydroxylation sites is 1. The molecule has 0 saturated heterocycles. The molecule has 6 heteroatoms. The van der Waals surface area contributed by atoms with E-state index in [1.807, 2.05) is 0 Å². The fraction of sp³-hybridized carbons (Fsp3) is 0. The molecule has 0 fully saturated rings. The molecule has 1 amide bonds. The summed E-state index contributed by atoms with van der Waals surface area (Å²) in [6.45, 7) is 0. The molecule has 1 aromatic carbocycles. The Morgan fingerprint density at radius 2 is 2.20 bits per heavy atom. The van der Waals surface area contributed by atoms with Crippen molar-refractivity contribution >= 4 is 11.6 Å². The largest absolute Gasteiger partial charge is 0.472 e. The van der Waals surface area contributed by atoms with Crippen molar-refractivity contribution in [1.82, 2.24) is 9.78 Å². The van der Waals surface area contributed by atoms with Crippen LogP contribution in [0.15, 0.2) is 59.7 Å². The first kappa shape index (κ1) is 12.2. The van der Waals surface area contributed by atoms with Crippen molar-refractivity contribution < 1.29 is 13.6 Å². The molecule has 0 aliphatic rings. The van der Waals surface area contributed by atoms with E-state index >= 15 is 0 Å². The highest BCUT2D eigenvalue weighted by Crippen LogP contribution is 2.23. The first-order chi connectivity index (χ1) is 9.75. The summed E-state index contributed by atoms with van der Waals surface area (Å²) in [5, 5.41) is 6.57. The second-order valence-electron chi connectivity index (χ2n) is 4.05. The van der Waals surface area contributed by atoms with Gasteiger partial charge in [0.15, 0.2) is 0 Å². The van der Waals surface area contributed by atoms with Gasteiger partial charge in [-0.25, -0.2) is 9.07 Å². The Bertz CT molecular complexity index is 721. The summed E-state index contributed by atoms with van der Waals surface area (Å²) in [6.07, 6.45) is 5.92. The summed E-state index contributed by atoms with van der Waals surface area (Å²) in [7, 11) is 0. The first-order valence-corrected chi connectivity index (χ1v) is 5.88. The number of benzene rings is 1. The Labute approximate surface area is 113 Å². The minimum atomic E-state index is -0.533. The highest BCUT2D eigenvalue weighted by atomic mass is 19.1. The van der Waals surface area contributed by atoms with Crippen LogP contribution in [0.3, 0.4) is 0 Å². The van der Waals surface area contributed by atoms with E-state index in [4.69, 9.17) is 4.42 Å². The van der Waals surface area contributed by atoms with E-state index in [-0.39, 0.29) is 5.69 Å². The molecule has 0 aliphatic heterocycles. The summed E-state index contributed by atoms with van der Waals surface area (Å²) in [4.78, 5) is 12.0. The third-order valence-electron chi connectivity index (χ3n) is 2.76. The van der Waals surface area contributed by atoms with Crippen LogP contribution < -0.4 is 5.32 Å². The molecule has 0 unspecified atom stereocenters. The molecule has 2 heterocycles. The van der Waals surface area contributed by atoms with Gasteiger partial charge in [0.1, 0.15) is 17.8 Å². The lowest BCUT2D eigenvalue weighted by molar-refractivity contribution is 0.102. The molecule has 100 valence electrons. The van der Waals surface area contributed by atoms with Crippen molar-refractivity contribution in [3.05, 3.63) is 66.6 Å². The monoisotopic (exact) mass is 271 g/mol. The third kappa shape index (κ3) is 2.18. The molecule has 5 nitrogen and oxygen atoms in total. The van der Waals surface area contributed by atoms with Gasteiger partial charge in [0.25, 0.3) is 5.91 Å². The number of anilines is 1. The van der Waals surface area contributed by atoms with Crippen molar-refractivity contribution in [2.24, 2.45) is 0 Å². The second kappa shape index (κ2) is 5.00. The van der Waals surface area contributed by atoms with E-state index in [1.54, 1.807) is 30.6 Å². The van der Waals surface area contributed by atoms with Gasteiger partial charge < -0.3 is 9.73 Å². The number of hydrogen-bond acceptors (Lipinski definition) is 3. The molecule has 0 radical (unpaired) electrons. The van der Waals surface area contributed by atoms with E-state index in [0.29, 0.717) is 11.3 Å². The van der Waals surface area contributed by atoms with Crippen LogP contribution in [-0.4, -0.2) is 15.7 Å². The Morgan fingerprint density at radius 1 is 1.30 bits per heavy atom. The average molecular weight is 271 g/mol. The summed E-state index contributed by atoms with van der Waals surface area (Å²) in [6, 6.07) is 7.72. The molecular formula is C14H10FN3O2. The highest BCUT2D eigenvalue weighted by molar-refractivity contribution is 6.05. The van der Waals surface area contributed by atoms with Gasteiger partial charge in [0.2, 0.25) is 0 Å². The van der Waals surface area contributed by atoms with E-state index in [0.717, 1.165) is 0 Å². The van der Waals surface area contributed by atoms with Gasteiger partial charge in [-0.2, -0.15) is 5.10 Å². The maximum absolute atomic E-state index is 14.0. The van der Waals surface area contributed by atoms with Gasteiger partial charge in [0, 0.05) is 12.4 Å². The lowest BCUT2D eigenvalue weighted by Gasteiger charge is -2.11. The van der Waals surface area contributed by atoms with Gasteiger partial charge >= 0.3 is 0 Å². The number of hydrogen-bond donors (Lipinski definition) is 1. The van der Waals surface area contributed by atoms with Crippen molar-refractivity contribution in [2.45, 2.75) is 0 Å². The normalized spacial score (nSPS) is 10.4. The van der Waals surface area contributed by atoms with Crippen molar-refractivity contribution in [1.29, 1.82) is 0 Å². The zero-order chi connectivity index (χ0) is 13.9. The Balaban J connectivity index is 1.99. The van der Waals surface area contributed by atoms with Gasteiger partial charge in [-0.05, 0) is 24.3 Å². The molecule has 0 bridgehead atoms. The minimum absolute atomic E-state index is 0.0717. The number of furan rings is 1. The average Bonchev–Trinajstić information content (AvgIpc) is 3.14. The number of carbonyl (C=O) groups is 1. The van der Waals surface area contributed by atoms with Crippen LogP contribution >= 0.6 is 0 Å². The Kier molecular flexibility index (Phi) is 3.04. The van der Waals surface area contributed by atoms with E-state index in [9.17, 15) is 9.18 Å². The van der Waals surface area contributed by atoms with Crippen molar-refractivity contribution in [3.63, 3.8) is 0 Å². The highest BCUT2D eigenvalue weighted by Gasteiger charge is 2.15. The van der Waals surface area contributed by atoms with E-state index in [2.05, 4.69) is 10.4 Å². The van der Waals surface area contributed by atoms with Crippen LogP contribution in [0.2, 0.25) is 0 Å². The smallest absolute Gasteiger partial charge is 0.259 e. The molecule has 0 atom stereocenters. The number of amides is 1. The van der Waals surface area contributed by atoms with Gasteiger partial charge in [0.05, 0.1) is 17.5 Å². The topological polar surface area (TPSA) is 60.1 Å². The molecule has 3 aromatic rings. The van der Waals surface area contributed by atoms with Gasteiger partial charge in [-0.3, -0.25) is 4.79 Å². The summed E-state index contributed by atoms with van der Waals surface area (Å²) >= 11 is 0. The first-order valence-electron chi connectivity index (χ1n) is 5.88. The molecule has 3 rings (SSSR count). The van der Waals surface area contributed by atoms with E-state index < -0.39 is 11.7 Å². The van der Waals surface area contributed by atoms with Crippen LogP contribution in [0.5, 0.6) is 0 Å². The van der Waals surface area contributed by atoms with Gasteiger partial charge in [-0.15, -0.1) is 0 Å². The number of rotatable bonds is 3. The molecule has 1 N–H and O–H groups in total. The fourth-order valence-corrected chi connectivity index (χ4v) is 1.82. The maximum Gasteiger partial charge on any atom is 0.259 e. The lowest BCUT2D eigenvalue weighted by atomic mass is 10.2. The molecule has 20 heavy (non-hydrogen) atoms. The standard InChI is InChI=1S/C14H10FN3O2/c15-11-3-1-4-12(18-7-2-6-16-18)13(11)17-14(19)10-5-8-20-9-10/h1-9H,(H,17,19). The molecule has 0 aliphatic carbocycles. The number of halogens is 1. The maximum atomic E-state index is 14.0. The zero-order valence-corrected chi connectivity index (χ0v) is 10.3. The van der Waals surface area contributed by atoms with Crippen molar-refractivity contribution in [2.75, 3.05) is 5.32 Å². The number of nitrogens with zero attached hydrogens (tertiary/aromatic N) is 2. The second-order valence-corrected chi connectivity index (χ2v) is 4.05. The lowest BCUT2D eigenvalue weighted by Crippen LogP contribution is -2.14. The van der Waals surface area contributed by atoms with Gasteiger partial charge in [-0.1, -0.05) is 6.07 Å². The summed E-state index contributed by atoms with van der Waals surface area (Å²) in [5.74, 6) is -0.980. The van der Waals surface area contributed by atoms with Crippen LogP contribution in [0.4, 0.5) is 10.1 Å². The Hall–Kier alpha value is -2.89. The van der Waals surface area contributed by atoms with Crippen LogP contribution in [-0.2, 0) is 0 Å². The summed E-state index contributed by atoms with van der Waals surface area (Å²) in [5.41, 5.74) is 0.842. The van der Waals surface area contributed by atoms with Crippen molar-refractivity contribution in [3.8, 4) is 5.69 Å². The minimum Gasteiger partial charge on any atom is -0.472 e. The molecule has 0 saturated carbocycles. The molecular weight excluding hydrogens is 261 g/mol. The van der Waals surface area contributed by atoms with Crippen LogP contribution in [0.25, 0.3) is 5.69 Å². The SMILES string of the molecule is O=C(Nc1c(F)cccc1-n1cccn1)c1ccoc1. The molecule has 0 spiro atoms. The summed E-state index contributed by atoms with van der Waals surface area (Å²) < 4.78 is 20.3. The Morgan fingerprint density at radius 3 is 2.90 bits per heavy atom. The predicted molar refractivity (Wildman–Crippen MR) is 70.2 cm³/mol. The van der Waals surface area contributed by atoms with E-state index in [1.165, 1.54) is 29.3 Å². The number of nitrogens with one attached hydrogen (secondary N) is 1. The predicted octanol–water partition coefficient (Wildman–Crippen LogP) is 2.86. The number of aromatic nitrogens is 2. The van der Waals surface area contributed by atoms with Crippen LogP contribution in [0, 0.1) is 5.82 Å². The quantitative estimate of drug-likeness (QED) is 0.796. The van der Waals surface area contributed by atoms with Crippen LogP contribution in [0.1, 0.15) is 10.4 Å². The fourth-order valence-electron chi connectivity index (χ4n) is 1.82.